The maximum atomic E-state index is 11.9. The van der Waals surface area contributed by atoms with Crippen LogP contribution in [0, 0.1) is 0 Å². The summed E-state index contributed by atoms with van der Waals surface area (Å²) >= 11 is 6.19. The van der Waals surface area contributed by atoms with Gasteiger partial charge in [-0.05, 0) is 55.2 Å². The lowest BCUT2D eigenvalue weighted by molar-refractivity contribution is 0.342. The smallest absolute Gasteiger partial charge is 0.229 e. The second-order valence-corrected chi connectivity index (χ2v) is 10.4. The van der Waals surface area contributed by atoms with Crippen LogP contribution in [0.2, 0.25) is 5.02 Å². The van der Waals surface area contributed by atoms with Crippen molar-refractivity contribution in [3.8, 4) is 0 Å². The molecule has 2 aromatic carbocycles. The lowest BCUT2D eigenvalue weighted by Gasteiger charge is -2.33. The average Bonchev–Trinajstić information content (AvgIpc) is 3.31. The van der Waals surface area contributed by atoms with E-state index in [9.17, 15) is 8.42 Å². The number of sulfonamides is 1. The van der Waals surface area contributed by atoms with Gasteiger partial charge in [0.05, 0.1) is 17.5 Å². The second-order valence-electron chi connectivity index (χ2n) is 8.25. The van der Waals surface area contributed by atoms with Gasteiger partial charge in [-0.2, -0.15) is 4.98 Å². The molecule has 1 aliphatic carbocycles. The van der Waals surface area contributed by atoms with E-state index in [4.69, 9.17) is 21.1 Å². The van der Waals surface area contributed by atoms with Crippen LogP contribution in [0.1, 0.15) is 49.4 Å². The molecule has 0 amide bonds. The summed E-state index contributed by atoms with van der Waals surface area (Å²) in [5.74, 6) is 1.58. The van der Waals surface area contributed by atoms with Crippen LogP contribution in [0.25, 0.3) is 10.9 Å². The van der Waals surface area contributed by atoms with E-state index in [1.54, 1.807) is 6.07 Å². The Morgan fingerprint density at radius 2 is 1.94 bits per heavy atom. The molecule has 2 heterocycles. The Balaban J connectivity index is 1.76. The molecular weight excluding hydrogens is 448 g/mol. The van der Waals surface area contributed by atoms with Crippen molar-refractivity contribution in [1.82, 2.24) is 14.7 Å². The number of benzene rings is 2. The first-order valence-corrected chi connectivity index (χ1v) is 12.8. The highest BCUT2D eigenvalue weighted by atomic mass is 35.5. The highest BCUT2D eigenvalue weighted by Gasteiger charge is 2.41. The molecule has 1 fully saturated rings. The van der Waals surface area contributed by atoms with Crippen LogP contribution in [-0.4, -0.2) is 29.4 Å². The van der Waals surface area contributed by atoms with Crippen molar-refractivity contribution < 1.29 is 12.9 Å². The van der Waals surface area contributed by atoms with Gasteiger partial charge < -0.3 is 9.09 Å². The van der Waals surface area contributed by atoms with Crippen LogP contribution < -0.4 is 4.72 Å². The van der Waals surface area contributed by atoms with Crippen LogP contribution in [-0.2, 0) is 15.6 Å². The third-order valence-corrected chi connectivity index (χ3v) is 6.85. The predicted molar refractivity (Wildman–Crippen MR) is 125 cm³/mol. The van der Waals surface area contributed by atoms with Gasteiger partial charge in [-0.25, -0.2) is 8.42 Å². The van der Waals surface area contributed by atoms with Gasteiger partial charge in [-0.3, -0.25) is 4.72 Å². The quantitative estimate of drug-likeness (QED) is 0.404. The lowest BCUT2D eigenvalue weighted by Crippen LogP contribution is -2.36. The molecule has 1 atom stereocenters. The molecule has 1 unspecified atom stereocenters. The van der Waals surface area contributed by atoms with Crippen LogP contribution in [0.4, 0.5) is 5.69 Å². The normalized spacial score (nSPS) is 16.2. The highest BCUT2D eigenvalue weighted by molar-refractivity contribution is 7.92. The van der Waals surface area contributed by atoms with Gasteiger partial charge >= 0.3 is 0 Å². The third kappa shape index (κ3) is 3.57. The molecule has 32 heavy (non-hydrogen) atoms. The number of rotatable bonds is 7. The molecule has 9 heteroatoms. The number of fused-ring (bicyclic) bond motifs is 1. The monoisotopic (exact) mass is 470 g/mol. The standard InChI is InChI=1S/C23H23ClN4O3S/c1-3-23(16-9-11-17(24)12-10-16,22-25-21(31-26-22)15-7-8-15)28-14-13-18-19(27-32(2,29)30)5-4-6-20(18)28/h4-6,9-15,27H,3,7-8H2,1-2H3. The van der Waals surface area contributed by atoms with Crippen molar-refractivity contribution in [1.29, 1.82) is 0 Å². The van der Waals surface area contributed by atoms with Crippen molar-refractivity contribution >= 4 is 38.2 Å². The minimum Gasteiger partial charge on any atom is -0.339 e. The summed E-state index contributed by atoms with van der Waals surface area (Å²) < 4.78 is 34.1. The maximum Gasteiger partial charge on any atom is 0.229 e. The number of nitrogens with one attached hydrogen (secondary N) is 1. The Labute approximate surface area is 191 Å². The summed E-state index contributed by atoms with van der Waals surface area (Å²) in [6, 6.07) is 15.1. The molecule has 1 saturated carbocycles. The fraction of sp³-hybridized carbons (Fsp3) is 0.304. The topological polar surface area (TPSA) is 90.0 Å². The molecule has 2 aromatic heterocycles. The van der Waals surface area contributed by atoms with E-state index in [0.717, 1.165) is 35.6 Å². The zero-order valence-corrected chi connectivity index (χ0v) is 19.3. The first kappa shape index (κ1) is 21.0. The van der Waals surface area contributed by atoms with Crippen LogP contribution in [0.5, 0.6) is 0 Å². The first-order valence-electron chi connectivity index (χ1n) is 10.5. The molecule has 5 rings (SSSR count). The number of nitrogens with zero attached hydrogens (tertiary/aromatic N) is 3. The van der Waals surface area contributed by atoms with Gasteiger partial charge in [0.15, 0.2) is 0 Å². The first-order chi connectivity index (χ1) is 15.3. The van der Waals surface area contributed by atoms with E-state index < -0.39 is 15.6 Å². The van der Waals surface area contributed by atoms with Crippen molar-refractivity contribution in [2.24, 2.45) is 0 Å². The SMILES string of the molecule is CCC(c1ccc(Cl)cc1)(c1noc(C2CC2)n1)n1ccc2c(NS(C)(=O)=O)cccc21. The van der Waals surface area contributed by atoms with Gasteiger partial charge in [0, 0.05) is 22.5 Å². The summed E-state index contributed by atoms with van der Waals surface area (Å²) in [6.07, 6.45) is 5.87. The molecule has 0 bridgehead atoms. The summed E-state index contributed by atoms with van der Waals surface area (Å²) in [5, 5.41) is 5.84. The van der Waals surface area contributed by atoms with E-state index in [1.807, 2.05) is 48.7 Å². The van der Waals surface area contributed by atoms with E-state index in [-0.39, 0.29) is 0 Å². The Bertz CT molecular complexity index is 1390. The average molecular weight is 471 g/mol. The number of hydrogen-bond donors (Lipinski definition) is 1. The molecule has 1 aliphatic rings. The summed E-state index contributed by atoms with van der Waals surface area (Å²) in [6.45, 7) is 2.08. The number of aromatic nitrogens is 3. The van der Waals surface area contributed by atoms with Gasteiger partial charge in [-0.1, -0.05) is 41.9 Å². The Morgan fingerprint density at radius 1 is 1.19 bits per heavy atom. The van der Waals surface area contributed by atoms with E-state index in [0.29, 0.717) is 34.8 Å². The predicted octanol–water partition coefficient (Wildman–Crippen LogP) is 5.13. The molecule has 0 aliphatic heterocycles. The number of hydrogen-bond acceptors (Lipinski definition) is 5. The van der Waals surface area contributed by atoms with E-state index in [2.05, 4.69) is 21.4 Å². The summed E-state index contributed by atoms with van der Waals surface area (Å²) in [7, 11) is -3.42. The van der Waals surface area contributed by atoms with Crippen molar-refractivity contribution in [2.45, 2.75) is 37.6 Å². The fourth-order valence-electron chi connectivity index (χ4n) is 4.32. The van der Waals surface area contributed by atoms with Crippen LogP contribution in [0.15, 0.2) is 59.3 Å². The van der Waals surface area contributed by atoms with Gasteiger partial charge in [0.2, 0.25) is 21.7 Å². The zero-order chi connectivity index (χ0) is 22.5. The Kier molecular flexibility index (Phi) is 5.02. The molecule has 166 valence electrons. The maximum absolute atomic E-state index is 11.9. The van der Waals surface area contributed by atoms with Crippen LogP contribution >= 0.6 is 11.6 Å². The minimum atomic E-state index is -3.42. The van der Waals surface area contributed by atoms with Gasteiger partial charge in [0.1, 0.15) is 5.54 Å². The van der Waals surface area contributed by atoms with E-state index >= 15 is 0 Å². The molecule has 0 saturated heterocycles. The van der Waals surface area contributed by atoms with Crippen molar-refractivity contribution in [3.63, 3.8) is 0 Å². The lowest BCUT2D eigenvalue weighted by atomic mass is 9.85. The largest absolute Gasteiger partial charge is 0.339 e. The molecular formula is C23H23ClN4O3S. The summed E-state index contributed by atoms with van der Waals surface area (Å²) in [5.41, 5.74) is 1.59. The fourth-order valence-corrected chi connectivity index (χ4v) is 5.03. The van der Waals surface area contributed by atoms with Crippen LogP contribution in [0.3, 0.4) is 0 Å². The van der Waals surface area contributed by atoms with Gasteiger partial charge in [-0.15, -0.1) is 0 Å². The zero-order valence-electron chi connectivity index (χ0n) is 17.7. The molecule has 0 spiro atoms. The van der Waals surface area contributed by atoms with Gasteiger partial charge in [0.25, 0.3) is 0 Å². The Morgan fingerprint density at radius 3 is 2.59 bits per heavy atom. The number of anilines is 1. The molecule has 7 nitrogen and oxygen atoms in total. The number of halogens is 1. The summed E-state index contributed by atoms with van der Waals surface area (Å²) in [4.78, 5) is 4.82. The van der Waals surface area contributed by atoms with E-state index in [1.165, 1.54) is 0 Å². The molecule has 4 aromatic rings. The Hall–Kier alpha value is -2.84. The van der Waals surface area contributed by atoms with Crippen molar-refractivity contribution in [2.75, 3.05) is 11.0 Å². The highest BCUT2D eigenvalue weighted by Crippen LogP contribution is 2.43. The molecule has 1 N–H and O–H groups in total. The third-order valence-electron chi connectivity index (χ3n) is 6.01. The minimum absolute atomic E-state index is 0.336. The van der Waals surface area contributed by atoms with Crippen molar-refractivity contribution in [3.05, 3.63) is 77.0 Å². The second kappa shape index (κ2) is 7.64. The molecule has 0 radical (unpaired) electrons.